The van der Waals surface area contributed by atoms with Crippen molar-refractivity contribution < 1.29 is 14.3 Å². The molecule has 3 N–H and O–H groups in total. The van der Waals surface area contributed by atoms with Gasteiger partial charge in [0, 0.05) is 29.3 Å². The van der Waals surface area contributed by atoms with Crippen LogP contribution in [0.1, 0.15) is 12.5 Å². The van der Waals surface area contributed by atoms with Crippen LogP contribution in [0, 0.1) is 0 Å². The number of carbonyl (C=O) groups excluding carboxylic acids is 1. The summed E-state index contributed by atoms with van der Waals surface area (Å²) in [6, 6.07) is 5.58. The van der Waals surface area contributed by atoms with Crippen LogP contribution in [0.25, 0.3) is 6.08 Å². The van der Waals surface area contributed by atoms with Crippen LogP contribution in [0.2, 0.25) is 0 Å². The molecule has 0 saturated heterocycles. The van der Waals surface area contributed by atoms with E-state index < -0.39 is 0 Å². The molecular formula is C15H20BrN3O3S. The smallest absolute Gasteiger partial charge is 0.262 e. The molecule has 0 aliphatic rings. The molecule has 1 rings (SSSR count). The van der Waals surface area contributed by atoms with Crippen molar-refractivity contribution in [2.45, 2.75) is 13.0 Å². The zero-order valence-electron chi connectivity index (χ0n) is 13.2. The molecule has 0 heterocycles. The van der Waals surface area contributed by atoms with E-state index >= 15 is 0 Å². The van der Waals surface area contributed by atoms with Gasteiger partial charge in [-0.3, -0.25) is 15.6 Å². The van der Waals surface area contributed by atoms with Crippen molar-refractivity contribution in [1.82, 2.24) is 16.2 Å². The third kappa shape index (κ3) is 7.45. The Morgan fingerprint density at radius 3 is 2.78 bits per heavy atom. The van der Waals surface area contributed by atoms with E-state index in [0.29, 0.717) is 17.5 Å². The first-order valence-electron chi connectivity index (χ1n) is 6.83. The van der Waals surface area contributed by atoms with Crippen molar-refractivity contribution in [1.29, 1.82) is 0 Å². The van der Waals surface area contributed by atoms with E-state index in [2.05, 4.69) is 32.1 Å². The van der Waals surface area contributed by atoms with E-state index in [1.54, 1.807) is 20.3 Å². The topological polar surface area (TPSA) is 71.6 Å². The second-order valence-electron chi connectivity index (χ2n) is 4.66. The van der Waals surface area contributed by atoms with E-state index in [0.717, 1.165) is 10.0 Å². The number of rotatable bonds is 6. The van der Waals surface area contributed by atoms with Crippen LogP contribution in [0.4, 0.5) is 0 Å². The minimum Gasteiger partial charge on any atom is -0.496 e. The number of ether oxygens (including phenoxy) is 2. The Bertz CT molecular complexity index is 581. The highest BCUT2D eigenvalue weighted by Crippen LogP contribution is 2.23. The van der Waals surface area contributed by atoms with E-state index in [-0.39, 0.29) is 11.9 Å². The maximum absolute atomic E-state index is 11.8. The summed E-state index contributed by atoms with van der Waals surface area (Å²) in [6.45, 7) is 2.43. The summed E-state index contributed by atoms with van der Waals surface area (Å²) >= 11 is 8.43. The molecule has 8 heteroatoms. The number of hydrogen-bond donors (Lipinski definition) is 3. The maximum Gasteiger partial charge on any atom is 0.262 e. The third-order valence-corrected chi connectivity index (χ3v) is 3.41. The van der Waals surface area contributed by atoms with Gasteiger partial charge in [0.1, 0.15) is 5.75 Å². The minimum atomic E-state index is -0.337. The van der Waals surface area contributed by atoms with E-state index in [1.807, 2.05) is 25.1 Å². The second-order valence-corrected chi connectivity index (χ2v) is 5.99. The van der Waals surface area contributed by atoms with Gasteiger partial charge < -0.3 is 14.8 Å². The fraction of sp³-hybridized carbons (Fsp3) is 0.333. The molecule has 0 aliphatic carbocycles. The van der Waals surface area contributed by atoms with Gasteiger partial charge in [0.15, 0.2) is 5.11 Å². The van der Waals surface area contributed by atoms with Crippen molar-refractivity contribution in [3.63, 3.8) is 0 Å². The molecule has 0 fully saturated rings. The Morgan fingerprint density at radius 2 is 2.13 bits per heavy atom. The van der Waals surface area contributed by atoms with Gasteiger partial charge in [-0.25, -0.2) is 0 Å². The lowest BCUT2D eigenvalue weighted by atomic mass is 10.2. The van der Waals surface area contributed by atoms with Crippen LogP contribution in [0.3, 0.4) is 0 Å². The molecule has 1 aromatic rings. The molecule has 1 amide bonds. The average Bonchev–Trinajstić information content (AvgIpc) is 2.51. The SMILES string of the molecule is COC[C@H](C)NC(=S)NNC(=O)/C=C/c1cc(Br)ccc1OC. The number of nitrogens with one attached hydrogen (secondary N) is 3. The number of halogens is 1. The van der Waals surface area contributed by atoms with Gasteiger partial charge in [-0.1, -0.05) is 15.9 Å². The van der Waals surface area contributed by atoms with Crippen LogP contribution < -0.4 is 20.9 Å². The Morgan fingerprint density at radius 1 is 1.39 bits per heavy atom. The predicted molar refractivity (Wildman–Crippen MR) is 98.1 cm³/mol. The molecule has 0 saturated carbocycles. The summed E-state index contributed by atoms with van der Waals surface area (Å²) in [5.41, 5.74) is 5.88. The first-order valence-corrected chi connectivity index (χ1v) is 8.03. The van der Waals surface area contributed by atoms with Gasteiger partial charge in [0.2, 0.25) is 0 Å². The third-order valence-electron chi connectivity index (χ3n) is 2.70. The molecule has 0 aromatic heterocycles. The summed E-state index contributed by atoms with van der Waals surface area (Å²) in [6.07, 6.45) is 3.04. The molecule has 126 valence electrons. The highest BCUT2D eigenvalue weighted by molar-refractivity contribution is 9.10. The van der Waals surface area contributed by atoms with Gasteiger partial charge in [-0.15, -0.1) is 0 Å². The second kappa shape index (κ2) is 10.2. The molecule has 0 aliphatic heterocycles. The minimum absolute atomic E-state index is 0.0402. The molecule has 0 radical (unpaired) electrons. The predicted octanol–water partition coefficient (Wildman–Crippen LogP) is 2.00. The van der Waals surface area contributed by atoms with Gasteiger partial charge >= 0.3 is 0 Å². The van der Waals surface area contributed by atoms with E-state index in [9.17, 15) is 4.79 Å². The normalized spacial score (nSPS) is 11.8. The number of carbonyl (C=O) groups is 1. The highest BCUT2D eigenvalue weighted by atomic mass is 79.9. The number of benzene rings is 1. The van der Waals surface area contributed by atoms with Gasteiger partial charge in [-0.05, 0) is 43.4 Å². The van der Waals surface area contributed by atoms with Gasteiger partial charge in [-0.2, -0.15) is 0 Å². The molecular weight excluding hydrogens is 382 g/mol. The van der Waals surface area contributed by atoms with Crippen LogP contribution in [-0.4, -0.2) is 37.9 Å². The van der Waals surface area contributed by atoms with Crippen LogP contribution in [0.15, 0.2) is 28.7 Å². The summed E-state index contributed by atoms with van der Waals surface area (Å²) in [4.78, 5) is 11.8. The number of methoxy groups -OCH3 is 2. The number of amides is 1. The first-order chi connectivity index (χ1) is 11.0. The molecule has 23 heavy (non-hydrogen) atoms. The average molecular weight is 402 g/mol. The molecule has 0 bridgehead atoms. The zero-order valence-corrected chi connectivity index (χ0v) is 15.6. The van der Waals surface area contributed by atoms with Gasteiger partial charge in [0.05, 0.1) is 13.7 Å². The lowest BCUT2D eigenvalue weighted by molar-refractivity contribution is -0.116. The van der Waals surface area contributed by atoms with Crippen molar-refractivity contribution in [2.75, 3.05) is 20.8 Å². The number of hydrazine groups is 1. The van der Waals surface area contributed by atoms with E-state index in [1.165, 1.54) is 6.08 Å². The van der Waals surface area contributed by atoms with Crippen LogP contribution in [-0.2, 0) is 9.53 Å². The lowest BCUT2D eigenvalue weighted by Gasteiger charge is -2.15. The van der Waals surface area contributed by atoms with Crippen molar-refractivity contribution in [3.05, 3.63) is 34.3 Å². The van der Waals surface area contributed by atoms with Gasteiger partial charge in [0.25, 0.3) is 5.91 Å². The summed E-state index contributed by atoms with van der Waals surface area (Å²) in [5, 5.41) is 3.28. The maximum atomic E-state index is 11.8. The number of thiocarbonyl (C=S) groups is 1. The highest BCUT2D eigenvalue weighted by Gasteiger charge is 2.04. The quantitative estimate of drug-likeness (QED) is 0.384. The fourth-order valence-corrected chi connectivity index (χ4v) is 2.34. The largest absolute Gasteiger partial charge is 0.496 e. The van der Waals surface area contributed by atoms with Crippen molar-refractivity contribution in [3.8, 4) is 5.75 Å². The van der Waals surface area contributed by atoms with E-state index in [4.69, 9.17) is 21.7 Å². The first kappa shape index (κ1) is 19.4. The monoisotopic (exact) mass is 401 g/mol. The number of hydrogen-bond acceptors (Lipinski definition) is 4. The van der Waals surface area contributed by atoms with Crippen LogP contribution >= 0.6 is 28.1 Å². The van der Waals surface area contributed by atoms with Crippen molar-refractivity contribution >= 4 is 45.2 Å². The summed E-state index contributed by atoms with van der Waals surface area (Å²) < 4.78 is 11.1. The summed E-state index contributed by atoms with van der Waals surface area (Å²) in [5.74, 6) is 0.339. The van der Waals surface area contributed by atoms with Crippen LogP contribution in [0.5, 0.6) is 5.75 Å². The molecule has 6 nitrogen and oxygen atoms in total. The Balaban J connectivity index is 2.50. The van der Waals surface area contributed by atoms with Crippen molar-refractivity contribution in [2.24, 2.45) is 0 Å². The standard InChI is InChI=1S/C15H20BrN3O3S/c1-10(9-21-2)17-15(23)19-18-14(20)7-4-11-8-12(16)5-6-13(11)22-3/h4-8,10H,9H2,1-3H3,(H,18,20)(H2,17,19,23)/b7-4+/t10-/m0/s1. The summed E-state index contributed by atoms with van der Waals surface area (Å²) in [7, 11) is 3.19. The lowest BCUT2D eigenvalue weighted by Crippen LogP contribution is -2.49. The molecule has 1 aromatic carbocycles. The fourth-order valence-electron chi connectivity index (χ4n) is 1.71. The Labute approximate surface area is 149 Å². The molecule has 1 atom stereocenters. The Hall–Kier alpha value is -1.64. The molecule has 0 spiro atoms. The molecule has 0 unspecified atom stereocenters. The zero-order chi connectivity index (χ0) is 17.2. The Kier molecular flexibility index (Phi) is 8.60.